The molecule has 3 aromatic rings. The Labute approximate surface area is 178 Å². The molecule has 0 saturated carbocycles. The van der Waals surface area contributed by atoms with Gasteiger partial charge in [0.05, 0.1) is 22.0 Å². The van der Waals surface area contributed by atoms with E-state index in [1.807, 2.05) is 6.07 Å². The maximum Gasteiger partial charge on any atom is 0.419 e. The third kappa shape index (κ3) is 3.73. The summed E-state index contributed by atoms with van der Waals surface area (Å²) < 4.78 is 34.1. The van der Waals surface area contributed by atoms with Crippen LogP contribution >= 0.6 is 0 Å². The van der Waals surface area contributed by atoms with Crippen molar-refractivity contribution in [2.24, 2.45) is 0 Å². The summed E-state index contributed by atoms with van der Waals surface area (Å²) in [5.74, 6) is -0.729. The minimum atomic E-state index is -3.80. The van der Waals surface area contributed by atoms with Gasteiger partial charge in [0.15, 0.2) is 5.58 Å². The molecule has 0 aliphatic carbocycles. The summed E-state index contributed by atoms with van der Waals surface area (Å²) in [4.78, 5) is 26.2. The minimum Gasteiger partial charge on any atom is -0.408 e. The molecule has 9 nitrogen and oxygen atoms in total. The van der Waals surface area contributed by atoms with Crippen LogP contribution in [0.15, 0.2) is 56.6 Å². The van der Waals surface area contributed by atoms with Crippen molar-refractivity contribution in [2.75, 3.05) is 26.2 Å². The molecule has 0 atom stereocenters. The van der Waals surface area contributed by atoms with E-state index in [0.717, 1.165) is 0 Å². The lowest BCUT2D eigenvalue weighted by Gasteiger charge is -2.34. The predicted octanol–water partition coefficient (Wildman–Crippen LogP) is 1.63. The van der Waals surface area contributed by atoms with E-state index in [9.17, 15) is 18.0 Å². The Morgan fingerprint density at radius 1 is 1.10 bits per heavy atom. The van der Waals surface area contributed by atoms with E-state index in [1.54, 1.807) is 42.2 Å². The summed E-state index contributed by atoms with van der Waals surface area (Å²) in [6.07, 6.45) is 0. The summed E-state index contributed by atoms with van der Waals surface area (Å²) in [5.41, 5.74) is 1.69. The number of fused-ring (bicyclic) bond motifs is 1. The van der Waals surface area contributed by atoms with Gasteiger partial charge < -0.3 is 9.32 Å². The van der Waals surface area contributed by atoms with Crippen molar-refractivity contribution in [3.63, 3.8) is 0 Å². The molecule has 31 heavy (non-hydrogen) atoms. The number of nitriles is 1. The second-order valence-corrected chi connectivity index (χ2v) is 9.07. The number of sulfonamides is 1. The van der Waals surface area contributed by atoms with Crippen molar-refractivity contribution in [3.8, 4) is 6.07 Å². The van der Waals surface area contributed by atoms with Crippen LogP contribution in [0.4, 0.5) is 0 Å². The largest absolute Gasteiger partial charge is 0.419 e. The molecule has 2 aromatic carbocycles. The maximum absolute atomic E-state index is 13.1. The van der Waals surface area contributed by atoms with Gasteiger partial charge in [0, 0.05) is 44.4 Å². The Morgan fingerprint density at radius 2 is 1.77 bits per heavy atom. The average molecular weight is 440 g/mol. The van der Waals surface area contributed by atoms with Crippen molar-refractivity contribution < 1.29 is 17.6 Å². The van der Waals surface area contributed by atoms with Crippen molar-refractivity contribution >= 4 is 27.0 Å². The van der Waals surface area contributed by atoms with E-state index in [1.165, 1.54) is 21.0 Å². The van der Waals surface area contributed by atoms with Gasteiger partial charge in [0.1, 0.15) is 0 Å². The van der Waals surface area contributed by atoms with Crippen molar-refractivity contribution in [1.29, 1.82) is 5.26 Å². The minimum absolute atomic E-state index is 0.0453. The first-order valence-corrected chi connectivity index (χ1v) is 11.2. The highest BCUT2D eigenvalue weighted by Gasteiger charge is 2.31. The molecule has 0 bridgehead atoms. The lowest BCUT2D eigenvalue weighted by atomic mass is 10.1. The number of piperazine rings is 1. The van der Waals surface area contributed by atoms with Crippen LogP contribution in [0.2, 0.25) is 0 Å². The van der Waals surface area contributed by atoms with Crippen LogP contribution in [0, 0.1) is 11.3 Å². The van der Waals surface area contributed by atoms with Gasteiger partial charge in [0.25, 0.3) is 5.91 Å². The first-order chi connectivity index (χ1) is 14.8. The number of hydrogen-bond acceptors (Lipinski definition) is 6. The van der Waals surface area contributed by atoms with Crippen LogP contribution in [0.5, 0.6) is 0 Å². The fourth-order valence-corrected chi connectivity index (χ4v) is 5.10. The molecule has 0 N–H and O–H groups in total. The van der Waals surface area contributed by atoms with E-state index in [-0.39, 0.29) is 42.6 Å². The number of carbonyl (C=O) groups is 1. The van der Waals surface area contributed by atoms with E-state index in [2.05, 4.69) is 0 Å². The lowest BCUT2D eigenvalue weighted by molar-refractivity contribution is 0.0698. The molecule has 0 unspecified atom stereocenters. The molecular formula is C21H20N4O5S. The van der Waals surface area contributed by atoms with Crippen molar-refractivity contribution in [3.05, 3.63) is 64.1 Å². The molecule has 1 fully saturated rings. The van der Waals surface area contributed by atoms with E-state index in [0.29, 0.717) is 23.2 Å². The number of aryl methyl sites for hydroxylation is 1. The van der Waals surface area contributed by atoms with Gasteiger partial charge in [0.2, 0.25) is 10.0 Å². The van der Waals surface area contributed by atoms with Crippen LogP contribution in [0.3, 0.4) is 0 Å². The van der Waals surface area contributed by atoms with Crippen LogP contribution in [0.1, 0.15) is 22.8 Å². The van der Waals surface area contributed by atoms with Gasteiger partial charge in [-0.25, -0.2) is 13.2 Å². The summed E-state index contributed by atoms with van der Waals surface area (Å²) >= 11 is 0. The number of hydrogen-bond donors (Lipinski definition) is 0. The molecule has 4 rings (SSSR count). The second kappa shape index (κ2) is 8.02. The van der Waals surface area contributed by atoms with E-state index >= 15 is 0 Å². The van der Waals surface area contributed by atoms with Crippen molar-refractivity contribution in [1.82, 2.24) is 13.8 Å². The third-order valence-corrected chi connectivity index (χ3v) is 7.28. The first kappa shape index (κ1) is 20.8. The smallest absolute Gasteiger partial charge is 0.408 e. The van der Waals surface area contributed by atoms with Crippen LogP contribution < -0.4 is 5.76 Å². The number of nitrogens with zero attached hydrogens (tertiary/aromatic N) is 4. The molecular weight excluding hydrogens is 420 g/mol. The Morgan fingerprint density at radius 3 is 2.39 bits per heavy atom. The van der Waals surface area contributed by atoms with Gasteiger partial charge in [-0.1, -0.05) is 0 Å². The maximum atomic E-state index is 13.1. The fourth-order valence-electron chi connectivity index (χ4n) is 3.66. The molecule has 1 amide bonds. The topological polar surface area (TPSA) is 117 Å². The van der Waals surface area contributed by atoms with Crippen LogP contribution in [-0.4, -0.2) is 54.3 Å². The zero-order valence-corrected chi connectivity index (χ0v) is 17.6. The van der Waals surface area contributed by atoms with Crippen LogP contribution in [-0.2, 0) is 16.6 Å². The highest BCUT2D eigenvalue weighted by molar-refractivity contribution is 7.89. The zero-order valence-electron chi connectivity index (χ0n) is 16.8. The zero-order chi connectivity index (χ0) is 22.2. The molecule has 10 heteroatoms. The Kier molecular flexibility index (Phi) is 5.39. The quantitative estimate of drug-likeness (QED) is 0.609. The Bertz CT molecular complexity index is 1340. The number of amides is 1. The van der Waals surface area contributed by atoms with E-state index < -0.39 is 15.8 Å². The normalized spacial score (nSPS) is 15.2. The first-order valence-electron chi connectivity index (χ1n) is 9.78. The van der Waals surface area contributed by atoms with Gasteiger partial charge in [-0.2, -0.15) is 9.57 Å². The summed E-state index contributed by atoms with van der Waals surface area (Å²) in [7, 11) is -3.80. The van der Waals surface area contributed by atoms with E-state index in [4.69, 9.17) is 9.68 Å². The molecule has 160 valence electrons. The Balaban J connectivity index is 1.50. The number of oxazole rings is 1. The number of carbonyl (C=O) groups excluding carboxylic acids is 1. The monoisotopic (exact) mass is 440 g/mol. The molecule has 1 aliphatic heterocycles. The van der Waals surface area contributed by atoms with Crippen molar-refractivity contribution in [2.45, 2.75) is 18.4 Å². The Hall–Kier alpha value is -3.42. The summed E-state index contributed by atoms with van der Waals surface area (Å²) in [6, 6.07) is 12.8. The van der Waals surface area contributed by atoms with Gasteiger partial charge in [-0.3, -0.25) is 9.36 Å². The van der Waals surface area contributed by atoms with Crippen LogP contribution in [0.25, 0.3) is 11.1 Å². The molecule has 1 saturated heterocycles. The number of rotatable bonds is 4. The summed E-state index contributed by atoms with van der Waals surface area (Å²) in [5, 5.41) is 8.87. The average Bonchev–Trinajstić information content (AvgIpc) is 3.12. The predicted molar refractivity (Wildman–Crippen MR) is 112 cm³/mol. The van der Waals surface area contributed by atoms with Gasteiger partial charge in [-0.05, 0) is 43.3 Å². The number of aromatic nitrogens is 1. The SMILES string of the molecule is CCn1c(=O)oc2cc(S(=O)(=O)N3CCN(C(=O)c4ccc(C#N)cc4)CC3)ccc21. The number of benzene rings is 2. The molecule has 0 radical (unpaired) electrons. The highest BCUT2D eigenvalue weighted by Crippen LogP contribution is 2.23. The summed E-state index contributed by atoms with van der Waals surface area (Å²) in [6.45, 7) is 3.04. The second-order valence-electron chi connectivity index (χ2n) is 7.13. The molecule has 2 heterocycles. The molecule has 0 spiro atoms. The van der Waals surface area contributed by atoms with Gasteiger partial charge in [-0.15, -0.1) is 0 Å². The standard InChI is InChI=1S/C21H20N4O5S/c1-2-25-18-8-7-17(13-19(18)30-21(25)27)31(28,29)24-11-9-23(10-12-24)20(26)16-5-3-15(14-22)4-6-16/h3-8,13H,2,9-12H2,1H3. The lowest BCUT2D eigenvalue weighted by Crippen LogP contribution is -2.50. The highest BCUT2D eigenvalue weighted by atomic mass is 32.2. The molecule has 1 aliphatic rings. The molecule has 1 aromatic heterocycles. The third-order valence-electron chi connectivity index (χ3n) is 5.38. The fraction of sp³-hybridized carbons (Fsp3) is 0.286. The van der Waals surface area contributed by atoms with Gasteiger partial charge >= 0.3 is 5.76 Å².